The Bertz CT molecular complexity index is 407. The molecule has 0 aliphatic carbocycles. The topological polar surface area (TPSA) is 71.5 Å². The summed E-state index contributed by atoms with van der Waals surface area (Å²) in [5.41, 5.74) is 1.06. The van der Waals surface area contributed by atoms with E-state index in [0.717, 1.165) is 18.5 Å². The van der Waals surface area contributed by atoms with Gasteiger partial charge in [-0.3, -0.25) is 0 Å². The van der Waals surface area contributed by atoms with E-state index in [0.29, 0.717) is 12.4 Å². The third-order valence-corrected chi connectivity index (χ3v) is 2.60. The first-order chi connectivity index (χ1) is 8.56. The van der Waals surface area contributed by atoms with Crippen molar-refractivity contribution in [2.24, 2.45) is 0 Å². The number of nitrogens with one attached hydrogen (secondary N) is 1. The molecule has 18 heavy (non-hydrogen) atoms. The number of hydrogen-bond acceptors (Lipinski definition) is 4. The monoisotopic (exact) mass is 252 g/mol. The number of hydrogen-bond donors (Lipinski definition) is 2. The molecule has 0 bridgehead atoms. The number of anilines is 1. The Hall–Kier alpha value is -1.62. The van der Waals surface area contributed by atoms with Crippen LogP contribution in [0.1, 0.15) is 36.3 Å². The summed E-state index contributed by atoms with van der Waals surface area (Å²) in [5.74, 6) is -0.347. The average molecular weight is 252 g/mol. The van der Waals surface area contributed by atoms with Gasteiger partial charge in [-0.2, -0.15) is 0 Å². The van der Waals surface area contributed by atoms with E-state index in [2.05, 4.69) is 10.3 Å². The highest BCUT2D eigenvalue weighted by molar-refractivity contribution is 5.88. The molecule has 0 saturated heterocycles. The number of aryl methyl sites for hydroxylation is 1. The van der Waals surface area contributed by atoms with Crippen molar-refractivity contribution in [2.45, 2.75) is 32.8 Å². The highest BCUT2D eigenvalue weighted by Gasteiger charge is 2.09. The van der Waals surface area contributed by atoms with E-state index in [1.165, 1.54) is 0 Å². The van der Waals surface area contributed by atoms with Gasteiger partial charge in [-0.1, -0.05) is 13.3 Å². The quantitative estimate of drug-likeness (QED) is 0.778. The highest BCUT2D eigenvalue weighted by atomic mass is 16.5. The molecule has 0 amide bonds. The predicted molar refractivity (Wildman–Crippen MR) is 70.2 cm³/mol. The number of aromatic nitrogens is 1. The van der Waals surface area contributed by atoms with Gasteiger partial charge in [0.05, 0.1) is 11.7 Å². The van der Waals surface area contributed by atoms with E-state index < -0.39 is 5.97 Å². The van der Waals surface area contributed by atoms with E-state index in [4.69, 9.17) is 9.84 Å². The summed E-state index contributed by atoms with van der Waals surface area (Å²) in [6, 6.07) is 3.17. The Kier molecular flexibility index (Phi) is 5.58. The van der Waals surface area contributed by atoms with Gasteiger partial charge in [0.25, 0.3) is 0 Å². The van der Waals surface area contributed by atoms with Gasteiger partial charge >= 0.3 is 5.97 Å². The zero-order valence-corrected chi connectivity index (χ0v) is 11.1. The van der Waals surface area contributed by atoms with Gasteiger partial charge in [-0.25, -0.2) is 9.78 Å². The lowest BCUT2D eigenvalue weighted by atomic mass is 10.1. The van der Waals surface area contributed by atoms with Crippen molar-refractivity contribution in [2.75, 3.05) is 19.0 Å². The summed E-state index contributed by atoms with van der Waals surface area (Å²) in [7, 11) is 1.63. The minimum atomic E-state index is -0.933. The first-order valence-electron chi connectivity index (χ1n) is 6.07. The molecule has 1 aromatic rings. The number of aromatic carboxylic acids is 1. The molecule has 0 aliphatic heterocycles. The maximum absolute atomic E-state index is 11.0. The fourth-order valence-corrected chi connectivity index (χ4v) is 1.52. The molecule has 100 valence electrons. The molecule has 0 spiro atoms. The minimum absolute atomic E-state index is 0.0508. The number of carbonyl (C=O) groups is 1. The molecule has 5 nitrogen and oxygen atoms in total. The largest absolute Gasteiger partial charge is 0.478 e. The number of carboxylic acids is 1. The lowest BCUT2D eigenvalue weighted by Gasteiger charge is -2.12. The summed E-state index contributed by atoms with van der Waals surface area (Å²) >= 11 is 0. The number of pyridine rings is 1. The number of methoxy groups -OCH3 is 1. The molecule has 2 N–H and O–H groups in total. The fourth-order valence-electron chi connectivity index (χ4n) is 1.52. The van der Waals surface area contributed by atoms with E-state index in [-0.39, 0.29) is 11.7 Å². The fraction of sp³-hybridized carbons (Fsp3) is 0.538. The van der Waals surface area contributed by atoms with Gasteiger partial charge in [-0.15, -0.1) is 0 Å². The van der Waals surface area contributed by atoms with E-state index >= 15 is 0 Å². The van der Waals surface area contributed by atoms with Gasteiger partial charge in [0.1, 0.15) is 5.82 Å². The van der Waals surface area contributed by atoms with E-state index in [1.807, 2.05) is 13.8 Å². The molecule has 0 saturated carbocycles. The number of ether oxygens (including phenoxy) is 1. The van der Waals surface area contributed by atoms with Crippen molar-refractivity contribution >= 4 is 11.8 Å². The highest BCUT2D eigenvalue weighted by Crippen LogP contribution is 2.12. The standard InChI is InChI=1S/C13H20N2O3/c1-4-5-11-6-10(13(16)17)7-12(15-11)14-8-9(2)18-3/h6-7,9H,4-5,8H2,1-3H3,(H,14,15)(H,16,17). The van der Waals surface area contributed by atoms with Crippen molar-refractivity contribution in [3.8, 4) is 0 Å². The second kappa shape index (κ2) is 6.96. The van der Waals surface area contributed by atoms with Crippen molar-refractivity contribution in [3.63, 3.8) is 0 Å². The lowest BCUT2D eigenvalue weighted by molar-refractivity contribution is 0.0696. The van der Waals surface area contributed by atoms with Gasteiger partial charge in [-0.05, 0) is 25.5 Å². The first-order valence-corrected chi connectivity index (χ1v) is 6.07. The van der Waals surface area contributed by atoms with Crippen LogP contribution in [-0.4, -0.2) is 35.8 Å². The molecule has 1 heterocycles. The van der Waals surface area contributed by atoms with Crippen molar-refractivity contribution in [3.05, 3.63) is 23.4 Å². The summed E-state index contributed by atoms with van der Waals surface area (Å²) in [6.45, 7) is 4.56. The van der Waals surface area contributed by atoms with Crippen LogP contribution in [0.4, 0.5) is 5.82 Å². The second-order valence-corrected chi connectivity index (χ2v) is 4.21. The molecule has 5 heteroatoms. The minimum Gasteiger partial charge on any atom is -0.478 e. The lowest BCUT2D eigenvalue weighted by Crippen LogP contribution is -2.19. The molecule has 1 aromatic heterocycles. The van der Waals surface area contributed by atoms with Gasteiger partial charge in [0.15, 0.2) is 0 Å². The van der Waals surface area contributed by atoms with Crippen LogP contribution in [0, 0.1) is 0 Å². The molecule has 0 aliphatic rings. The molecule has 1 atom stereocenters. The first kappa shape index (κ1) is 14.4. The van der Waals surface area contributed by atoms with Crippen LogP contribution >= 0.6 is 0 Å². The SMILES string of the molecule is CCCc1cc(C(=O)O)cc(NCC(C)OC)n1. The van der Waals surface area contributed by atoms with Crippen LogP contribution in [0.2, 0.25) is 0 Å². The summed E-state index contributed by atoms with van der Waals surface area (Å²) in [4.78, 5) is 15.4. The van der Waals surface area contributed by atoms with Crippen LogP contribution in [0.3, 0.4) is 0 Å². The van der Waals surface area contributed by atoms with Crippen molar-refractivity contribution in [1.29, 1.82) is 0 Å². The second-order valence-electron chi connectivity index (χ2n) is 4.21. The number of carboxylic acid groups (broad SMARTS) is 1. The number of rotatable bonds is 7. The average Bonchev–Trinajstić information content (AvgIpc) is 2.36. The smallest absolute Gasteiger partial charge is 0.335 e. The third-order valence-electron chi connectivity index (χ3n) is 2.60. The molecule has 1 rings (SSSR count). The van der Waals surface area contributed by atoms with Gasteiger partial charge < -0.3 is 15.2 Å². The Morgan fingerprint density at radius 2 is 2.28 bits per heavy atom. The maximum Gasteiger partial charge on any atom is 0.335 e. The third kappa shape index (κ3) is 4.33. The van der Waals surface area contributed by atoms with Crippen LogP contribution in [0.15, 0.2) is 12.1 Å². The molecular formula is C13H20N2O3. The Balaban J connectivity index is 2.85. The van der Waals surface area contributed by atoms with Gasteiger partial charge in [0.2, 0.25) is 0 Å². The van der Waals surface area contributed by atoms with Crippen LogP contribution < -0.4 is 5.32 Å². The van der Waals surface area contributed by atoms with Crippen LogP contribution in [0.25, 0.3) is 0 Å². The predicted octanol–water partition coefficient (Wildman–Crippen LogP) is 2.18. The summed E-state index contributed by atoms with van der Waals surface area (Å²) < 4.78 is 5.12. The normalized spacial score (nSPS) is 12.2. The number of nitrogens with zero attached hydrogens (tertiary/aromatic N) is 1. The summed E-state index contributed by atoms with van der Waals surface area (Å²) in [5, 5.41) is 12.1. The Labute approximate surface area is 107 Å². The molecular weight excluding hydrogens is 232 g/mol. The summed E-state index contributed by atoms with van der Waals surface area (Å²) in [6.07, 6.45) is 1.76. The van der Waals surface area contributed by atoms with Crippen molar-refractivity contribution < 1.29 is 14.6 Å². The molecule has 1 unspecified atom stereocenters. The zero-order chi connectivity index (χ0) is 13.5. The van der Waals surface area contributed by atoms with Crippen LogP contribution in [-0.2, 0) is 11.2 Å². The zero-order valence-electron chi connectivity index (χ0n) is 11.1. The molecule has 0 radical (unpaired) electrons. The van der Waals surface area contributed by atoms with E-state index in [9.17, 15) is 4.79 Å². The van der Waals surface area contributed by atoms with Crippen LogP contribution in [0.5, 0.6) is 0 Å². The van der Waals surface area contributed by atoms with Gasteiger partial charge in [0, 0.05) is 19.3 Å². The molecule has 0 aromatic carbocycles. The maximum atomic E-state index is 11.0. The van der Waals surface area contributed by atoms with Crippen molar-refractivity contribution in [1.82, 2.24) is 4.98 Å². The molecule has 0 fully saturated rings. The Morgan fingerprint density at radius 1 is 1.56 bits per heavy atom. The Morgan fingerprint density at radius 3 is 2.83 bits per heavy atom. The van der Waals surface area contributed by atoms with E-state index in [1.54, 1.807) is 19.2 Å².